The monoisotopic (exact) mass is 346 g/mol. The molecule has 69 valence electrons. The number of rotatable bonds is 2. The third kappa shape index (κ3) is 67.9. The molecule has 0 aromatic rings. The van der Waals surface area contributed by atoms with Crippen LogP contribution in [0, 0.1) is 0 Å². The van der Waals surface area contributed by atoms with Crippen LogP contribution in [0.25, 0.3) is 22.9 Å². The van der Waals surface area contributed by atoms with Crippen molar-refractivity contribution in [2.45, 2.75) is 0 Å². The molecule has 6 heteroatoms. The van der Waals surface area contributed by atoms with Gasteiger partial charge in [-0.3, -0.25) is 0 Å². The molecule has 0 aliphatic heterocycles. The Kier molecular flexibility index (Phi) is 56.1. The van der Waals surface area contributed by atoms with E-state index >= 15 is 0 Å². The minimum Gasteiger partial charge on any atom is -0.679 e. The molecule has 0 rings (SSSR count). The van der Waals surface area contributed by atoms with Crippen molar-refractivity contribution >= 4 is 9.42 Å². The molecular weight excluding hydrogens is 335 g/mol. The first-order chi connectivity index (χ1) is 4.83. The molecule has 4 nitrogen and oxygen atoms in total. The molecule has 0 unspecified atom stereocenters. The summed E-state index contributed by atoms with van der Waals surface area (Å²) in [6.07, 6.45) is 0. The van der Waals surface area contributed by atoms with Crippen LogP contribution in [0.15, 0.2) is 0 Å². The van der Waals surface area contributed by atoms with E-state index in [1.54, 1.807) is 18.8 Å². The van der Waals surface area contributed by atoms with Gasteiger partial charge < -0.3 is 22.9 Å². The van der Waals surface area contributed by atoms with Gasteiger partial charge >= 0.3 is 28.2 Å². The standard InChI is InChI=1S/2C2H6N2.ClH.Pt/c2*3-1-2-4;;/h2*3-4H,1-2H2;1H;/q2*-2;;+1/p-1. The average molecular weight is 347 g/mol. The molecule has 0 spiro atoms. The Morgan fingerprint density at radius 3 is 0.800 bits per heavy atom. The molecule has 0 fully saturated rings. The van der Waals surface area contributed by atoms with Crippen LogP contribution in [-0.4, -0.2) is 26.2 Å². The number of halogens is 1. The van der Waals surface area contributed by atoms with E-state index in [4.69, 9.17) is 22.9 Å². The van der Waals surface area contributed by atoms with Gasteiger partial charge in [-0.05, 0) is 0 Å². The predicted octanol–water partition coefficient (Wildman–Crippen LogP) is 2.87. The molecule has 0 aliphatic rings. The molecule has 0 saturated heterocycles. The van der Waals surface area contributed by atoms with Crippen molar-refractivity contribution in [3.63, 3.8) is 0 Å². The van der Waals surface area contributed by atoms with Crippen molar-refractivity contribution in [2.75, 3.05) is 26.2 Å². The second-order valence-electron chi connectivity index (χ2n) is 1.000. The number of hydrogen-bond acceptors (Lipinski definition) is 0. The minimum atomic E-state index is 0.236. The van der Waals surface area contributed by atoms with Crippen LogP contribution in [0.2, 0.25) is 0 Å². The van der Waals surface area contributed by atoms with Crippen LogP contribution < -0.4 is 0 Å². The normalized spacial score (nSPS) is 6.70. The molecule has 10 heavy (non-hydrogen) atoms. The summed E-state index contributed by atoms with van der Waals surface area (Å²) in [5.41, 5.74) is 25.1. The molecule has 4 N–H and O–H groups in total. The van der Waals surface area contributed by atoms with Crippen LogP contribution in [0.4, 0.5) is 0 Å². The third-order valence-corrected chi connectivity index (χ3v) is 0.250. The SMILES string of the molecule is [Cl][Pt].[NH-]CC[NH-].[NH-]CC[NH-]. The van der Waals surface area contributed by atoms with Gasteiger partial charge in [-0.1, -0.05) is 0 Å². The Morgan fingerprint density at radius 1 is 0.700 bits per heavy atom. The van der Waals surface area contributed by atoms with Gasteiger partial charge in [0.15, 0.2) is 0 Å². The maximum atomic E-state index is 6.26. The van der Waals surface area contributed by atoms with E-state index < -0.39 is 0 Å². The first-order valence-corrected chi connectivity index (χ1v) is 5.35. The maximum absolute atomic E-state index is 6.26. The van der Waals surface area contributed by atoms with Crippen LogP contribution in [-0.2, 0) is 18.8 Å². The van der Waals surface area contributed by atoms with Crippen molar-refractivity contribution in [3.05, 3.63) is 22.9 Å². The zero-order valence-electron chi connectivity index (χ0n) is 5.52. The molecule has 0 radical (unpaired) electrons. The molecule has 0 atom stereocenters. The summed E-state index contributed by atoms with van der Waals surface area (Å²) >= 11 is 1.61. The molecule has 0 bridgehead atoms. The third-order valence-electron chi connectivity index (χ3n) is 0.250. The summed E-state index contributed by atoms with van der Waals surface area (Å²) in [6.45, 7) is 0.944. The van der Waals surface area contributed by atoms with Crippen LogP contribution in [0.1, 0.15) is 0 Å². The molecule has 0 heterocycles. The molecule has 0 aromatic heterocycles. The average Bonchev–Trinajstić information content (AvgIpc) is 2.08. The Bertz CT molecular complexity index is 25.2. The van der Waals surface area contributed by atoms with Crippen LogP contribution >= 0.6 is 9.42 Å². The first-order valence-electron chi connectivity index (χ1n) is 2.53. The van der Waals surface area contributed by atoms with Crippen LogP contribution in [0.3, 0.4) is 0 Å². The molecular formula is C4H12ClN4Pt-4. The fourth-order valence-corrected chi connectivity index (χ4v) is 0. The fourth-order valence-electron chi connectivity index (χ4n) is 0. The quantitative estimate of drug-likeness (QED) is 0.735. The topological polar surface area (TPSA) is 95.2 Å². The first kappa shape index (κ1) is 17.1. The minimum absolute atomic E-state index is 0.236. The largest absolute Gasteiger partial charge is 0.679 e. The molecule has 0 amide bonds. The second kappa shape index (κ2) is 32.9. The van der Waals surface area contributed by atoms with Gasteiger partial charge in [0, 0.05) is 0 Å². The Balaban J connectivity index is -0.0000000787. The molecule has 0 saturated carbocycles. The van der Waals surface area contributed by atoms with E-state index in [1.165, 1.54) is 0 Å². The Hall–Kier alpha value is 0.818. The molecule has 0 aliphatic carbocycles. The summed E-state index contributed by atoms with van der Waals surface area (Å²) < 4.78 is 0. The predicted molar refractivity (Wildman–Crippen MR) is 42.6 cm³/mol. The van der Waals surface area contributed by atoms with E-state index in [-0.39, 0.29) is 26.2 Å². The van der Waals surface area contributed by atoms with Crippen molar-refractivity contribution in [2.24, 2.45) is 0 Å². The summed E-state index contributed by atoms with van der Waals surface area (Å²) in [7, 11) is 4.61. The summed E-state index contributed by atoms with van der Waals surface area (Å²) in [5.74, 6) is 0. The van der Waals surface area contributed by atoms with E-state index in [9.17, 15) is 0 Å². The van der Waals surface area contributed by atoms with Gasteiger partial charge in [0.05, 0.1) is 0 Å². The molecule has 0 aromatic carbocycles. The zero-order valence-corrected chi connectivity index (χ0v) is 8.55. The number of nitrogens with one attached hydrogen (secondary N) is 4. The van der Waals surface area contributed by atoms with E-state index in [2.05, 4.69) is 9.42 Å². The van der Waals surface area contributed by atoms with Crippen molar-refractivity contribution < 1.29 is 18.8 Å². The van der Waals surface area contributed by atoms with Crippen molar-refractivity contribution in [3.8, 4) is 0 Å². The smallest absolute Gasteiger partial charge is 0.171 e. The van der Waals surface area contributed by atoms with Gasteiger partial charge in [-0.2, -0.15) is 26.2 Å². The van der Waals surface area contributed by atoms with E-state index in [0.717, 1.165) is 0 Å². The van der Waals surface area contributed by atoms with Crippen molar-refractivity contribution in [1.29, 1.82) is 0 Å². The number of hydrogen-bond donors (Lipinski definition) is 0. The fraction of sp³-hybridized carbons (Fsp3) is 1.00. The summed E-state index contributed by atoms with van der Waals surface area (Å²) in [6, 6.07) is 0. The van der Waals surface area contributed by atoms with Gasteiger partial charge in [0.25, 0.3) is 0 Å². The Morgan fingerprint density at radius 2 is 0.800 bits per heavy atom. The summed E-state index contributed by atoms with van der Waals surface area (Å²) in [4.78, 5) is 0. The summed E-state index contributed by atoms with van der Waals surface area (Å²) in [5, 5.41) is 0. The van der Waals surface area contributed by atoms with Crippen LogP contribution in [0.5, 0.6) is 0 Å². The van der Waals surface area contributed by atoms with Gasteiger partial charge in [-0.25, -0.2) is 0 Å². The van der Waals surface area contributed by atoms with Gasteiger partial charge in [0.2, 0.25) is 0 Å². The van der Waals surface area contributed by atoms with Gasteiger partial charge in [-0.15, -0.1) is 0 Å². The van der Waals surface area contributed by atoms with E-state index in [1.807, 2.05) is 0 Å². The zero-order chi connectivity index (χ0) is 8.83. The van der Waals surface area contributed by atoms with E-state index in [0.29, 0.717) is 0 Å². The van der Waals surface area contributed by atoms with Gasteiger partial charge in [0.1, 0.15) is 0 Å². The maximum Gasteiger partial charge on any atom is -0.171 e. The second-order valence-corrected chi connectivity index (χ2v) is 1.000. The Labute approximate surface area is 77.5 Å². The van der Waals surface area contributed by atoms with Crippen molar-refractivity contribution in [1.82, 2.24) is 0 Å².